The predicted molar refractivity (Wildman–Crippen MR) is 57.5 cm³/mol. The molecule has 2 aromatic rings. The maximum absolute atomic E-state index is 5.71. The van der Waals surface area contributed by atoms with Gasteiger partial charge in [-0.05, 0) is 37.1 Å². The molecular formula is C11H13N3. The molecule has 0 atom stereocenters. The van der Waals surface area contributed by atoms with Crippen molar-refractivity contribution in [2.45, 2.75) is 13.8 Å². The van der Waals surface area contributed by atoms with Crippen LogP contribution in [0, 0.1) is 13.8 Å². The number of rotatable bonds is 1. The quantitative estimate of drug-likeness (QED) is 0.742. The van der Waals surface area contributed by atoms with E-state index in [-0.39, 0.29) is 0 Å². The van der Waals surface area contributed by atoms with E-state index >= 15 is 0 Å². The van der Waals surface area contributed by atoms with Crippen LogP contribution in [0.25, 0.3) is 5.69 Å². The van der Waals surface area contributed by atoms with Crippen molar-refractivity contribution in [2.24, 2.45) is 0 Å². The van der Waals surface area contributed by atoms with Gasteiger partial charge in [-0.2, -0.15) is 0 Å². The lowest BCUT2D eigenvalue weighted by molar-refractivity contribution is 1.07. The third-order valence-corrected chi connectivity index (χ3v) is 2.44. The highest BCUT2D eigenvalue weighted by Gasteiger charge is 2.01. The maximum atomic E-state index is 5.71. The van der Waals surface area contributed by atoms with Crippen molar-refractivity contribution in [3.63, 3.8) is 0 Å². The van der Waals surface area contributed by atoms with Crippen LogP contribution in [0.1, 0.15) is 11.1 Å². The van der Waals surface area contributed by atoms with E-state index in [0.717, 1.165) is 5.69 Å². The number of hydrogen-bond acceptors (Lipinski definition) is 2. The first-order valence-corrected chi connectivity index (χ1v) is 4.55. The fraction of sp³-hybridized carbons (Fsp3) is 0.182. The Morgan fingerprint density at radius 1 is 1.21 bits per heavy atom. The fourth-order valence-corrected chi connectivity index (χ4v) is 1.41. The highest BCUT2D eigenvalue weighted by atomic mass is 15.1. The molecule has 14 heavy (non-hydrogen) atoms. The third kappa shape index (κ3) is 1.37. The minimum atomic E-state index is 0.522. The summed E-state index contributed by atoms with van der Waals surface area (Å²) in [6.45, 7) is 4.18. The number of benzene rings is 1. The molecular weight excluding hydrogens is 174 g/mol. The largest absolute Gasteiger partial charge is 0.369 e. The smallest absolute Gasteiger partial charge is 0.204 e. The molecule has 72 valence electrons. The van der Waals surface area contributed by atoms with Gasteiger partial charge in [0.2, 0.25) is 5.95 Å². The molecule has 1 aromatic carbocycles. The van der Waals surface area contributed by atoms with Gasteiger partial charge in [0, 0.05) is 18.1 Å². The second kappa shape index (κ2) is 3.18. The number of aromatic nitrogens is 2. The molecule has 2 rings (SSSR count). The predicted octanol–water partition coefficient (Wildman–Crippen LogP) is 2.07. The molecule has 0 radical (unpaired) electrons. The summed E-state index contributed by atoms with van der Waals surface area (Å²) in [4.78, 5) is 3.99. The van der Waals surface area contributed by atoms with E-state index in [4.69, 9.17) is 5.73 Å². The van der Waals surface area contributed by atoms with Gasteiger partial charge in [0.25, 0.3) is 0 Å². The SMILES string of the molecule is Cc1ccc(-n2ccnc2N)cc1C. The molecule has 0 aliphatic carbocycles. The van der Waals surface area contributed by atoms with Crippen LogP contribution in [0.15, 0.2) is 30.6 Å². The highest BCUT2D eigenvalue weighted by molar-refractivity contribution is 5.43. The van der Waals surface area contributed by atoms with Gasteiger partial charge in [-0.1, -0.05) is 6.07 Å². The summed E-state index contributed by atoms with van der Waals surface area (Å²) in [5.74, 6) is 0.522. The van der Waals surface area contributed by atoms with Gasteiger partial charge in [0.1, 0.15) is 0 Å². The number of nitrogens with two attached hydrogens (primary N) is 1. The molecule has 0 fully saturated rings. The van der Waals surface area contributed by atoms with Crippen LogP contribution in [-0.4, -0.2) is 9.55 Å². The normalized spacial score (nSPS) is 10.4. The van der Waals surface area contributed by atoms with Gasteiger partial charge in [-0.15, -0.1) is 0 Å². The zero-order valence-corrected chi connectivity index (χ0v) is 8.36. The molecule has 0 bridgehead atoms. The Morgan fingerprint density at radius 3 is 2.57 bits per heavy atom. The maximum Gasteiger partial charge on any atom is 0.204 e. The number of anilines is 1. The van der Waals surface area contributed by atoms with Crippen molar-refractivity contribution >= 4 is 5.95 Å². The molecule has 0 spiro atoms. The lowest BCUT2D eigenvalue weighted by Crippen LogP contribution is -2.00. The summed E-state index contributed by atoms with van der Waals surface area (Å²) < 4.78 is 1.87. The molecule has 0 amide bonds. The topological polar surface area (TPSA) is 43.8 Å². The number of aryl methyl sites for hydroxylation is 2. The van der Waals surface area contributed by atoms with Crippen molar-refractivity contribution in [3.05, 3.63) is 41.7 Å². The summed E-state index contributed by atoms with van der Waals surface area (Å²) in [7, 11) is 0. The van der Waals surface area contributed by atoms with Gasteiger partial charge in [0.05, 0.1) is 0 Å². The van der Waals surface area contributed by atoms with Crippen molar-refractivity contribution in [1.82, 2.24) is 9.55 Å². The molecule has 0 saturated carbocycles. The van der Waals surface area contributed by atoms with Crippen LogP contribution in [0.5, 0.6) is 0 Å². The van der Waals surface area contributed by atoms with Crippen LogP contribution in [0.2, 0.25) is 0 Å². The average Bonchev–Trinajstić information content (AvgIpc) is 2.57. The fourth-order valence-electron chi connectivity index (χ4n) is 1.41. The van der Waals surface area contributed by atoms with Crippen LogP contribution in [0.3, 0.4) is 0 Å². The molecule has 0 aliphatic rings. The van der Waals surface area contributed by atoms with E-state index in [1.165, 1.54) is 11.1 Å². The zero-order valence-electron chi connectivity index (χ0n) is 8.36. The molecule has 1 aromatic heterocycles. The lowest BCUT2D eigenvalue weighted by Gasteiger charge is -2.07. The zero-order chi connectivity index (χ0) is 10.1. The Bertz CT molecular complexity index is 457. The number of nitrogen functional groups attached to an aromatic ring is 1. The second-order valence-electron chi connectivity index (χ2n) is 3.42. The van der Waals surface area contributed by atoms with Crippen LogP contribution in [0.4, 0.5) is 5.95 Å². The average molecular weight is 187 g/mol. The van der Waals surface area contributed by atoms with E-state index in [2.05, 4.69) is 31.0 Å². The van der Waals surface area contributed by atoms with Gasteiger partial charge in [-0.3, -0.25) is 4.57 Å². The first-order valence-electron chi connectivity index (χ1n) is 4.55. The molecule has 0 unspecified atom stereocenters. The molecule has 0 saturated heterocycles. The van der Waals surface area contributed by atoms with Crippen molar-refractivity contribution < 1.29 is 0 Å². The van der Waals surface area contributed by atoms with E-state index < -0.39 is 0 Å². The van der Waals surface area contributed by atoms with Crippen LogP contribution < -0.4 is 5.73 Å². The molecule has 0 aliphatic heterocycles. The Balaban J connectivity index is 2.53. The van der Waals surface area contributed by atoms with E-state index in [9.17, 15) is 0 Å². The number of hydrogen-bond donors (Lipinski definition) is 1. The summed E-state index contributed by atoms with van der Waals surface area (Å²) in [5, 5.41) is 0. The third-order valence-electron chi connectivity index (χ3n) is 2.44. The van der Waals surface area contributed by atoms with Gasteiger partial charge < -0.3 is 5.73 Å². The molecule has 1 heterocycles. The Labute approximate surface area is 83.2 Å². The van der Waals surface area contributed by atoms with Crippen LogP contribution in [-0.2, 0) is 0 Å². The van der Waals surface area contributed by atoms with E-state index in [1.54, 1.807) is 6.20 Å². The minimum absolute atomic E-state index is 0.522. The van der Waals surface area contributed by atoms with Gasteiger partial charge in [0.15, 0.2) is 0 Å². The van der Waals surface area contributed by atoms with Crippen molar-refractivity contribution in [2.75, 3.05) is 5.73 Å². The monoisotopic (exact) mass is 187 g/mol. The first kappa shape index (κ1) is 8.81. The highest BCUT2D eigenvalue weighted by Crippen LogP contribution is 2.16. The summed E-state index contributed by atoms with van der Waals surface area (Å²) in [6.07, 6.45) is 3.56. The Morgan fingerprint density at radius 2 is 2.00 bits per heavy atom. The number of nitrogens with zero attached hydrogens (tertiary/aromatic N) is 2. The standard InChI is InChI=1S/C11H13N3/c1-8-3-4-10(7-9(8)2)14-6-5-13-11(14)12/h3-7H,1-2H3,(H2,12,13). The van der Waals surface area contributed by atoms with Crippen molar-refractivity contribution in [3.8, 4) is 5.69 Å². The second-order valence-corrected chi connectivity index (χ2v) is 3.42. The number of imidazole rings is 1. The van der Waals surface area contributed by atoms with E-state index in [0.29, 0.717) is 5.95 Å². The van der Waals surface area contributed by atoms with Crippen LogP contribution >= 0.6 is 0 Å². The summed E-state index contributed by atoms with van der Waals surface area (Å²) in [6, 6.07) is 6.23. The summed E-state index contributed by atoms with van der Waals surface area (Å²) >= 11 is 0. The molecule has 3 nitrogen and oxygen atoms in total. The van der Waals surface area contributed by atoms with E-state index in [1.807, 2.05) is 16.8 Å². The molecule has 2 N–H and O–H groups in total. The van der Waals surface area contributed by atoms with Gasteiger partial charge in [-0.25, -0.2) is 4.98 Å². The Hall–Kier alpha value is -1.77. The minimum Gasteiger partial charge on any atom is -0.369 e. The Kier molecular flexibility index (Phi) is 2.00. The lowest BCUT2D eigenvalue weighted by atomic mass is 10.1. The molecule has 3 heteroatoms. The van der Waals surface area contributed by atoms with Gasteiger partial charge >= 0.3 is 0 Å². The van der Waals surface area contributed by atoms with Crippen molar-refractivity contribution in [1.29, 1.82) is 0 Å². The first-order chi connectivity index (χ1) is 6.68. The summed E-state index contributed by atoms with van der Waals surface area (Å²) in [5.41, 5.74) is 9.32.